The van der Waals surface area contributed by atoms with E-state index in [2.05, 4.69) is 0 Å². The zero-order valence-corrected chi connectivity index (χ0v) is 12.7. The first-order valence-electron chi connectivity index (χ1n) is 6.90. The summed E-state index contributed by atoms with van der Waals surface area (Å²) in [7, 11) is 3.24. The average molecular weight is 294 g/mol. The van der Waals surface area contributed by atoms with Gasteiger partial charge in [0, 0.05) is 5.56 Å². The highest BCUT2D eigenvalue weighted by molar-refractivity contribution is 6.04. The smallest absolute Gasteiger partial charge is 0.185 e. The van der Waals surface area contributed by atoms with Crippen LogP contribution in [0.5, 0.6) is 11.5 Å². The first-order valence-corrected chi connectivity index (χ1v) is 6.90. The second kappa shape index (κ2) is 7.84. The predicted molar refractivity (Wildman–Crippen MR) is 88.5 cm³/mol. The van der Waals surface area contributed by atoms with Crippen LogP contribution in [0.4, 0.5) is 0 Å². The van der Waals surface area contributed by atoms with Crippen LogP contribution in [0.15, 0.2) is 66.8 Å². The van der Waals surface area contributed by atoms with Gasteiger partial charge in [-0.05, 0) is 48.0 Å². The van der Waals surface area contributed by atoms with Crippen molar-refractivity contribution < 1.29 is 14.3 Å². The topological polar surface area (TPSA) is 35.5 Å². The molecule has 3 nitrogen and oxygen atoms in total. The Morgan fingerprint density at radius 3 is 1.91 bits per heavy atom. The number of rotatable bonds is 6. The highest BCUT2D eigenvalue weighted by atomic mass is 16.5. The monoisotopic (exact) mass is 294 g/mol. The molecule has 2 rings (SSSR count). The van der Waals surface area contributed by atoms with Crippen molar-refractivity contribution in [3.05, 3.63) is 77.9 Å². The fourth-order valence-electron chi connectivity index (χ4n) is 1.88. The van der Waals surface area contributed by atoms with Gasteiger partial charge in [0.15, 0.2) is 5.78 Å². The fourth-order valence-corrected chi connectivity index (χ4v) is 1.88. The van der Waals surface area contributed by atoms with Gasteiger partial charge >= 0.3 is 0 Å². The van der Waals surface area contributed by atoms with Gasteiger partial charge in [-0.2, -0.15) is 0 Å². The van der Waals surface area contributed by atoms with Crippen LogP contribution in [0.1, 0.15) is 15.9 Å². The van der Waals surface area contributed by atoms with E-state index in [1.807, 2.05) is 36.4 Å². The van der Waals surface area contributed by atoms with Gasteiger partial charge in [-0.25, -0.2) is 0 Å². The van der Waals surface area contributed by atoms with Crippen molar-refractivity contribution in [2.45, 2.75) is 0 Å². The zero-order valence-electron chi connectivity index (χ0n) is 12.7. The van der Waals surface area contributed by atoms with Gasteiger partial charge in [0.25, 0.3) is 0 Å². The van der Waals surface area contributed by atoms with E-state index in [9.17, 15) is 4.79 Å². The van der Waals surface area contributed by atoms with Crippen LogP contribution in [-0.2, 0) is 0 Å². The van der Waals surface area contributed by atoms with E-state index < -0.39 is 0 Å². The Morgan fingerprint density at radius 2 is 1.36 bits per heavy atom. The van der Waals surface area contributed by atoms with E-state index in [-0.39, 0.29) is 5.78 Å². The molecule has 0 aliphatic rings. The Labute approximate surface area is 130 Å². The summed E-state index contributed by atoms with van der Waals surface area (Å²) in [6.45, 7) is 0. The molecule has 0 fully saturated rings. The molecule has 2 aromatic carbocycles. The van der Waals surface area contributed by atoms with Gasteiger partial charge in [0.1, 0.15) is 11.5 Å². The minimum Gasteiger partial charge on any atom is -0.497 e. The van der Waals surface area contributed by atoms with Crippen molar-refractivity contribution in [1.29, 1.82) is 0 Å². The zero-order chi connectivity index (χ0) is 15.8. The molecule has 0 aliphatic heterocycles. The lowest BCUT2D eigenvalue weighted by atomic mass is 10.1. The molecule has 3 heteroatoms. The molecule has 0 bridgehead atoms. The predicted octanol–water partition coefficient (Wildman–Crippen LogP) is 4.16. The lowest BCUT2D eigenvalue weighted by Crippen LogP contribution is -1.93. The summed E-state index contributed by atoms with van der Waals surface area (Å²) in [5.74, 6) is 1.52. The highest BCUT2D eigenvalue weighted by Gasteiger charge is 2.00. The lowest BCUT2D eigenvalue weighted by Gasteiger charge is -1.99. The van der Waals surface area contributed by atoms with Crippen LogP contribution in [0.3, 0.4) is 0 Å². The first kappa shape index (κ1) is 15.6. The molecule has 0 aliphatic carbocycles. The van der Waals surface area contributed by atoms with Crippen molar-refractivity contribution in [2.24, 2.45) is 0 Å². The molecular weight excluding hydrogens is 276 g/mol. The molecule has 0 spiro atoms. The molecule has 0 unspecified atom stereocenters. The molecule has 0 heterocycles. The second-order valence-electron chi connectivity index (χ2n) is 4.58. The summed E-state index contributed by atoms with van der Waals surface area (Å²) in [5.41, 5.74) is 1.68. The summed E-state index contributed by atoms with van der Waals surface area (Å²) in [5, 5.41) is 0. The van der Waals surface area contributed by atoms with E-state index in [0.717, 1.165) is 17.1 Å². The van der Waals surface area contributed by atoms with Crippen LogP contribution < -0.4 is 9.47 Å². The van der Waals surface area contributed by atoms with Crippen molar-refractivity contribution >= 4 is 11.9 Å². The minimum atomic E-state index is -0.0398. The summed E-state index contributed by atoms with van der Waals surface area (Å²) in [4.78, 5) is 12.0. The molecular formula is C19H18O3. The number of carbonyl (C=O) groups is 1. The Balaban J connectivity index is 1.95. The molecule has 0 saturated heterocycles. The average Bonchev–Trinajstić information content (AvgIpc) is 2.59. The fraction of sp³-hybridized carbons (Fsp3) is 0.105. The summed E-state index contributed by atoms with van der Waals surface area (Å²) < 4.78 is 10.2. The van der Waals surface area contributed by atoms with E-state index in [1.165, 1.54) is 0 Å². The SMILES string of the molecule is COc1ccc(/C=C/C=C/C(=O)c2ccc(OC)cc2)cc1. The van der Waals surface area contributed by atoms with Crippen LogP contribution in [0, 0.1) is 0 Å². The molecule has 0 aromatic heterocycles. The quantitative estimate of drug-likeness (QED) is 0.456. The molecule has 0 N–H and O–H groups in total. The third kappa shape index (κ3) is 4.35. The summed E-state index contributed by atoms with van der Waals surface area (Å²) >= 11 is 0. The Morgan fingerprint density at radius 1 is 0.818 bits per heavy atom. The number of carbonyl (C=O) groups excluding carboxylic acids is 1. The van der Waals surface area contributed by atoms with E-state index in [0.29, 0.717) is 5.56 Å². The van der Waals surface area contributed by atoms with Crippen molar-refractivity contribution in [3.8, 4) is 11.5 Å². The highest BCUT2D eigenvalue weighted by Crippen LogP contribution is 2.13. The van der Waals surface area contributed by atoms with Gasteiger partial charge in [-0.1, -0.05) is 30.4 Å². The third-order valence-corrected chi connectivity index (χ3v) is 3.14. The van der Waals surface area contributed by atoms with E-state index >= 15 is 0 Å². The molecule has 112 valence electrons. The normalized spacial score (nSPS) is 11.0. The number of ketones is 1. The Hall–Kier alpha value is -2.81. The molecule has 0 saturated carbocycles. The van der Waals surface area contributed by atoms with Crippen molar-refractivity contribution in [1.82, 2.24) is 0 Å². The van der Waals surface area contributed by atoms with E-state index in [1.54, 1.807) is 50.6 Å². The number of hydrogen-bond acceptors (Lipinski definition) is 3. The molecule has 0 radical (unpaired) electrons. The standard InChI is InChI=1S/C19H18O3/c1-21-17-11-7-15(8-12-17)5-3-4-6-19(20)16-9-13-18(22-2)14-10-16/h3-14H,1-2H3/b5-3+,6-4+. The second-order valence-corrected chi connectivity index (χ2v) is 4.58. The summed E-state index contributed by atoms with van der Waals surface area (Å²) in [6, 6.07) is 14.7. The molecule has 0 amide bonds. The maximum absolute atomic E-state index is 12.0. The number of hydrogen-bond donors (Lipinski definition) is 0. The maximum atomic E-state index is 12.0. The lowest BCUT2D eigenvalue weighted by molar-refractivity contribution is 0.104. The number of benzene rings is 2. The first-order chi connectivity index (χ1) is 10.7. The van der Waals surface area contributed by atoms with Gasteiger partial charge in [-0.3, -0.25) is 4.79 Å². The van der Waals surface area contributed by atoms with E-state index in [4.69, 9.17) is 9.47 Å². The Bertz CT molecular complexity index is 665. The molecule has 22 heavy (non-hydrogen) atoms. The maximum Gasteiger partial charge on any atom is 0.185 e. The van der Waals surface area contributed by atoms with Crippen molar-refractivity contribution in [3.63, 3.8) is 0 Å². The largest absolute Gasteiger partial charge is 0.497 e. The third-order valence-electron chi connectivity index (χ3n) is 3.14. The minimum absolute atomic E-state index is 0.0398. The molecule has 2 aromatic rings. The number of allylic oxidation sites excluding steroid dienone is 3. The Kier molecular flexibility index (Phi) is 5.55. The van der Waals surface area contributed by atoms with Gasteiger partial charge < -0.3 is 9.47 Å². The van der Waals surface area contributed by atoms with Gasteiger partial charge in [-0.15, -0.1) is 0 Å². The van der Waals surface area contributed by atoms with Crippen LogP contribution >= 0.6 is 0 Å². The van der Waals surface area contributed by atoms with Gasteiger partial charge in [0.2, 0.25) is 0 Å². The summed E-state index contributed by atoms with van der Waals surface area (Å²) in [6.07, 6.45) is 7.04. The number of ether oxygens (including phenoxy) is 2. The number of methoxy groups -OCH3 is 2. The van der Waals surface area contributed by atoms with Crippen LogP contribution in [0.2, 0.25) is 0 Å². The van der Waals surface area contributed by atoms with Crippen LogP contribution in [0.25, 0.3) is 6.08 Å². The van der Waals surface area contributed by atoms with Gasteiger partial charge in [0.05, 0.1) is 14.2 Å². The van der Waals surface area contributed by atoms with Crippen LogP contribution in [-0.4, -0.2) is 20.0 Å². The van der Waals surface area contributed by atoms with Crippen molar-refractivity contribution in [2.75, 3.05) is 14.2 Å². The molecule has 0 atom stereocenters.